The van der Waals surface area contributed by atoms with Gasteiger partial charge < -0.3 is 19.7 Å². The lowest BCUT2D eigenvalue weighted by Gasteiger charge is -2.52. The fourth-order valence-corrected chi connectivity index (χ4v) is 12.9. The highest BCUT2D eigenvalue weighted by molar-refractivity contribution is 5.48. The van der Waals surface area contributed by atoms with Crippen LogP contribution in [-0.2, 0) is 12.8 Å². The molecule has 0 unspecified atom stereocenters. The Kier molecular flexibility index (Phi) is 8.53. The molecule has 4 nitrogen and oxygen atoms in total. The molecule has 54 heavy (non-hydrogen) atoms. The highest BCUT2D eigenvalue weighted by atomic mass is 19.1. The van der Waals surface area contributed by atoms with E-state index in [0.717, 1.165) is 87.8 Å². The maximum Gasteiger partial charge on any atom is 0.140 e. The smallest absolute Gasteiger partial charge is 0.140 e. The van der Waals surface area contributed by atoms with Gasteiger partial charge >= 0.3 is 0 Å². The van der Waals surface area contributed by atoms with E-state index in [1.807, 2.05) is 0 Å². The van der Waals surface area contributed by atoms with Crippen molar-refractivity contribution < 1.29 is 28.5 Å². The molecule has 0 amide bonds. The molecule has 9 rings (SSSR count). The summed E-state index contributed by atoms with van der Waals surface area (Å²) in [6.45, 7) is 4.31. The van der Waals surface area contributed by atoms with Crippen LogP contribution in [-0.4, -0.2) is 35.6 Å². The van der Waals surface area contributed by atoms with Crippen LogP contribution in [0.5, 0.6) is 11.5 Å². The predicted octanol–water partition coefficient (Wildman–Crippen LogP) is 9.26. The Hall–Kier alpha value is -3.84. The normalized spacial score (nSPS) is 37.1. The minimum atomic E-state index is -1.28. The van der Waals surface area contributed by atoms with Crippen molar-refractivity contribution in [3.63, 3.8) is 0 Å². The Morgan fingerprint density at radius 3 is 1.43 bits per heavy atom. The number of halogens is 2. The lowest BCUT2D eigenvalue weighted by molar-refractivity contribution is -0.0648. The summed E-state index contributed by atoms with van der Waals surface area (Å²) in [6.07, 6.45) is 10.5. The maximum absolute atomic E-state index is 15.7. The van der Waals surface area contributed by atoms with Gasteiger partial charge in [0, 0.05) is 10.8 Å². The maximum atomic E-state index is 15.7. The molecular formula is C48H52F2O4. The summed E-state index contributed by atoms with van der Waals surface area (Å²) >= 11 is 0. The number of methoxy groups -OCH3 is 2. The van der Waals surface area contributed by atoms with Crippen molar-refractivity contribution >= 4 is 0 Å². The number of hydrogen-bond acceptors (Lipinski definition) is 4. The molecule has 0 spiro atoms. The third kappa shape index (κ3) is 5.30. The second-order valence-electron chi connectivity index (χ2n) is 18.0. The summed E-state index contributed by atoms with van der Waals surface area (Å²) < 4.78 is 42.3. The average molecular weight is 731 g/mol. The van der Waals surface area contributed by atoms with E-state index in [2.05, 4.69) is 73.9 Å². The van der Waals surface area contributed by atoms with Crippen molar-refractivity contribution in [3.8, 4) is 35.2 Å². The SMILES string of the molecule is COc1ccc2c(c1)CC[C@@H]1[C@@H]2CC[C@@]2(C)[C@H]1CC[C@@]2(O)C#Cc1cc(F)c(C#C[C@]2(O)CC[C@H]3[C@@H]4CCc5cc(OC)ccc5[C@H]4CC[C@@]32C)cc1F. The quantitative estimate of drug-likeness (QED) is 0.258. The van der Waals surface area contributed by atoms with Gasteiger partial charge in [-0.15, -0.1) is 0 Å². The highest BCUT2D eigenvalue weighted by Gasteiger charge is 2.62. The molecule has 282 valence electrons. The van der Waals surface area contributed by atoms with Gasteiger partial charge in [-0.1, -0.05) is 49.7 Å². The van der Waals surface area contributed by atoms with E-state index in [0.29, 0.717) is 48.3 Å². The van der Waals surface area contributed by atoms with Crippen LogP contribution in [0.15, 0.2) is 48.5 Å². The van der Waals surface area contributed by atoms with E-state index in [4.69, 9.17) is 9.47 Å². The predicted molar refractivity (Wildman–Crippen MR) is 205 cm³/mol. The van der Waals surface area contributed by atoms with Crippen molar-refractivity contribution in [2.75, 3.05) is 14.2 Å². The van der Waals surface area contributed by atoms with Gasteiger partial charge in [0.05, 0.1) is 25.3 Å². The molecule has 0 saturated heterocycles. The zero-order chi connectivity index (χ0) is 37.6. The summed E-state index contributed by atoms with van der Waals surface area (Å²) in [7, 11) is 3.41. The third-order valence-electron chi connectivity index (χ3n) is 16.0. The van der Waals surface area contributed by atoms with E-state index in [1.165, 1.54) is 22.3 Å². The summed E-state index contributed by atoms with van der Waals surface area (Å²) in [5.41, 5.74) is 1.99. The van der Waals surface area contributed by atoms with Gasteiger partial charge in [-0.05, 0) is 171 Å². The molecule has 0 radical (unpaired) electrons. The molecule has 10 atom stereocenters. The molecule has 6 heteroatoms. The lowest BCUT2D eigenvalue weighted by atomic mass is 9.53. The largest absolute Gasteiger partial charge is 0.497 e. The van der Waals surface area contributed by atoms with Crippen LogP contribution in [0.1, 0.15) is 123 Å². The Labute approximate surface area is 319 Å². The van der Waals surface area contributed by atoms with Crippen molar-refractivity contribution in [2.24, 2.45) is 34.5 Å². The van der Waals surface area contributed by atoms with Crippen LogP contribution in [0, 0.1) is 69.8 Å². The van der Waals surface area contributed by atoms with E-state index in [1.54, 1.807) is 14.2 Å². The first-order chi connectivity index (χ1) is 25.9. The summed E-state index contributed by atoms with van der Waals surface area (Å²) in [5, 5.41) is 24.2. The molecule has 6 aliphatic carbocycles. The van der Waals surface area contributed by atoms with Crippen LogP contribution in [0.2, 0.25) is 0 Å². The Morgan fingerprint density at radius 2 is 1.02 bits per heavy atom. The van der Waals surface area contributed by atoms with E-state index in [-0.39, 0.29) is 11.1 Å². The minimum Gasteiger partial charge on any atom is -0.497 e. The molecule has 3 aromatic rings. The molecule has 0 heterocycles. The summed E-state index contributed by atoms with van der Waals surface area (Å²) in [5.74, 6) is 14.8. The van der Waals surface area contributed by atoms with Gasteiger partial charge in [0.15, 0.2) is 0 Å². The van der Waals surface area contributed by atoms with Crippen molar-refractivity contribution in [3.05, 3.63) is 93.5 Å². The van der Waals surface area contributed by atoms with Gasteiger partial charge in [-0.3, -0.25) is 0 Å². The Morgan fingerprint density at radius 1 is 0.593 bits per heavy atom. The number of ether oxygens (including phenoxy) is 2. The molecule has 4 fully saturated rings. The number of hydrogen-bond donors (Lipinski definition) is 2. The number of fused-ring (bicyclic) bond motifs is 10. The molecule has 2 N–H and O–H groups in total. The van der Waals surface area contributed by atoms with E-state index < -0.39 is 33.7 Å². The van der Waals surface area contributed by atoms with Crippen LogP contribution in [0.3, 0.4) is 0 Å². The molecule has 6 aliphatic rings. The first-order valence-electron chi connectivity index (χ1n) is 20.2. The second kappa shape index (κ2) is 12.9. The van der Waals surface area contributed by atoms with Gasteiger partial charge in [-0.25, -0.2) is 8.78 Å². The van der Waals surface area contributed by atoms with Crippen molar-refractivity contribution in [1.82, 2.24) is 0 Å². The highest BCUT2D eigenvalue weighted by Crippen LogP contribution is 2.65. The van der Waals surface area contributed by atoms with E-state index >= 15 is 8.78 Å². The molecular weight excluding hydrogens is 679 g/mol. The summed E-state index contributed by atoms with van der Waals surface area (Å²) in [6, 6.07) is 15.1. The number of aryl methyl sites for hydroxylation is 2. The van der Waals surface area contributed by atoms with Crippen molar-refractivity contribution in [1.29, 1.82) is 0 Å². The second-order valence-corrected chi connectivity index (χ2v) is 18.0. The number of rotatable bonds is 2. The zero-order valence-electron chi connectivity index (χ0n) is 32.0. The molecule has 4 saturated carbocycles. The van der Waals surface area contributed by atoms with Crippen LogP contribution < -0.4 is 9.47 Å². The first-order valence-corrected chi connectivity index (χ1v) is 20.2. The monoisotopic (exact) mass is 730 g/mol. The van der Waals surface area contributed by atoms with Gasteiger partial charge in [0.25, 0.3) is 0 Å². The molecule has 0 aromatic heterocycles. The first kappa shape index (κ1) is 35.8. The topological polar surface area (TPSA) is 58.9 Å². The molecule has 3 aromatic carbocycles. The minimum absolute atomic E-state index is 0.0760. The van der Waals surface area contributed by atoms with Crippen LogP contribution in [0.25, 0.3) is 0 Å². The fourth-order valence-electron chi connectivity index (χ4n) is 12.9. The van der Waals surface area contributed by atoms with Crippen molar-refractivity contribution in [2.45, 2.75) is 114 Å². The Balaban J connectivity index is 0.925. The Bertz CT molecular complexity index is 1990. The summed E-state index contributed by atoms with van der Waals surface area (Å²) in [4.78, 5) is 0. The zero-order valence-corrected chi connectivity index (χ0v) is 32.0. The number of benzene rings is 3. The van der Waals surface area contributed by atoms with Crippen LogP contribution >= 0.6 is 0 Å². The standard InChI is InChI=1S/C48H52F2O4/c1-45-19-15-37-35-11-7-33(53-3)25-29(35)5-9-39(37)41(45)17-23-47(45,51)21-13-31-27-44(50)32(28-43(31)49)14-22-48(52)24-18-42-40-10-6-30-26-34(54-4)8-12-36(30)38(40)16-20-46(42,48)2/h7-8,11-12,25-28,37-42,51-52H,5-6,9-10,15-20,23-24H2,1-4H3/t37-,38-,39-,40-,41+,42+,45+,46+,47+,48+/m1/s1. The van der Waals surface area contributed by atoms with Gasteiger partial charge in [-0.2, -0.15) is 0 Å². The molecule has 0 aliphatic heterocycles. The fraction of sp³-hybridized carbons (Fsp3) is 0.542. The number of aliphatic hydroxyl groups is 2. The van der Waals surface area contributed by atoms with Gasteiger partial charge in [0.2, 0.25) is 0 Å². The average Bonchev–Trinajstić information content (AvgIpc) is 3.61. The van der Waals surface area contributed by atoms with Crippen LogP contribution in [0.4, 0.5) is 8.78 Å². The van der Waals surface area contributed by atoms with Gasteiger partial charge in [0.1, 0.15) is 34.3 Å². The molecule has 0 bridgehead atoms. The lowest BCUT2D eigenvalue weighted by Crippen LogP contribution is -2.50. The third-order valence-corrected chi connectivity index (χ3v) is 16.0. The van der Waals surface area contributed by atoms with E-state index in [9.17, 15) is 10.2 Å².